The molecule has 0 atom stereocenters. The minimum Gasteiger partial charge on any atom is -0.483 e. The minimum absolute atomic E-state index is 0.0669. The van der Waals surface area contributed by atoms with Crippen LogP contribution in [0.5, 0.6) is 5.75 Å². The first kappa shape index (κ1) is 15.3. The van der Waals surface area contributed by atoms with Crippen molar-refractivity contribution < 1.29 is 9.53 Å². The van der Waals surface area contributed by atoms with E-state index in [0.717, 1.165) is 15.6 Å². The van der Waals surface area contributed by atoms with Gasteiger partial charge in [0.25, 0.3) is 5.91 Å². The predicted octanol–water partition coefficient (Wildman–Crippen LogP) is 3.29. The number of para-hydroxylation sites is 1. The van der Waals surface area contributed by atoms with E-state index >= 15 is 0 Å². The molecule has 0 saturated carbocycles. The number of halogens is 1. The molecule has 0 bridgehead atoms. The Balaban J connectivity index is 1.80. The van der Waals surface area contributed by atoms with Gasteiger partial charge in [0.15, 0.2) is 6.61 Å². The van der Waals surface area contributed by atoms with Crippen LogP contribution in [0, 0.1) is 6.92 Å². The second-order valence-electron chi connectivity index (χ2n) is 4.40. The van der Waals surface area contributed by atoms with Crippen LogP contribution in [0.15, 0.2) is 58.1 Å². The summed E-state index contributed by atoms with van der Waals surface area (Å²) in [7, 11) is 0. The fourth-order valence-corrected chi connectivity index (χ4v) is 1.89. The monoisotopic (exact) mass is 346 g/mol. The number of carbonyl (C=O) groups excluding carboxylic acids is 1. The van der Waals surface area contributed by atoms with Crippen molar-refractivity contribution in [2.45, 2.75) is 6.92 Å². The maximum atomic E-state index is 11.6. The molecular weight excluding hydrogens is 332 g/mol. The van der Waals surface area contributed by atoms with Crippen LogP contribution >= 0.6 is 15.9 Å². The van der Waals surface area contributed by atoms with E-state index in [1.165, 1.54) is 0 Å². The van der Waals surface area contributed by atoms with Crippen molar-refractivity contribution >= 4 is 28.1 Å². The van der Waals surface area contributed by atoms with E-state index in [1.807, 2.05) is 55.5 Å². The summed E-state index contributed by atoms with van der Waals surface area (Å²) in [5, 5.41) is 3.89. The summed E-state index contributed by atoms with van der Waals surface area (Å²) in [5.74, 6) is 0.399. The van der Waals surface area contributed by atoms with Gasteiger partial charge in [-0.1, -0.05) is 46.3 Å². The molecule has 0 fully saturated rings. The van der Waals surface area contributed by atoms with Crippen LogP contribution in [-0.4, -0.2) is 18.7 Å². The number of amides is 1. The Hall–Kier alpha value is -2.14. The molecule has 21 heavy (non-hydrogen) atoms. The number of rotatable bonds is 5. The summed E-state index contributed by atoms with van der Waals surface area (Å²) >= 11 is 3.35. The third kappa shape index (κ3) is 5.04. The molecule has 108 valence electrons. The lowest BCUT2D eigenvalue weighted by atomic mass is 10.2. The molecule has 0 radical (unpaired) electrons. The van der Waals surface area contributed by atoms with Crippen molar-refractivity contribution in [2.75, 3.05) is 6.61 Å². The fourth-order valence-electron chi connectivity index (χ4n) is 1.62. The van der Waals surface area contributed by atoms with E-state index in [4.69, 9.17) is 4.74 Å². The number of aryl methyl sites for hydroxylation is 1. The third-order valence-corrected chi connectivity index (χ3v) is 3.25. The first-order chi connectivity index (χ1) is 10.1. The van der Waals surface area contributed by atoms with Crippen LogP contribution in [0.2, 0.25) is 0 Å². The van der Waals surface area contributed by atoms with Gasteiger partial charge in [-0.15, -0.1) is 0 Å². The molecule has 0 spiro atoms. The van der Waals surface area contributed by atoms with Crippen LogP contribution in [0.3, 0.4) is 0 Å². The van der Waals surface area contributed by atoms with Gasteiger partial charge in [-0.2, -0.15) is 5.10 Å². The van der Waals surface area contributed by atoms with Gasteiger partial charge in [0.05, 0.1) is 6.21 Å². The molecule has 2 rings (SSSR count). The third-order valence-electron chi connectivity index (χ3n) is 2.73. The first-order valence-electron chi connectivity index (χ1n) is 6.41. The van der Waals surface area contributed by atoms with Crippen LogP contribution in [-0.2, 0) is 4.79 Å². The van der Waals surface area contributed by atoms with Gasteiger partial charge >= 0.3 is 0 Å². The molecule has 0 aliphatic heterocycles. The van der Waals surface area contributed by atoms with Crippen molar-refractivity contribution in [1.29, 1.82) is 0 Å². The molecule has 0 saturated heterocycles. The molecule has 1 amide bonds. The molecule has 5 heteroatoms. The Morgan fingerprint density at radius 3 is 2.67 bits per heavy atom. The van der Waals surface area contributed by atoms with Gasteiger partial charge in [-0.05, 0) is 36.2 Å². The number of hydrazone groups is 1. The van der Waals surface area contributed by atoms with E-state index in [0.29, 0.717) is 5.75 Å². The summed E-state index contributed by atoms with van der Waals surface area (Å²) < 4.78 is 6.42. The smallest absolute Gasteiger partial charge is 0.277 e. The van der Waals surface area contributed by atoms with E-state index in [9.17, 15) is 4.79 Å². The number of ether oxygens (including phenoxy) is 1. The number of nitrogens with one attached hydrogen (secondary N) is 1. The van der Waals surface area contributed by atoms with Crippen LogP contribution < -0.4 is 10.2 Å². The van der Waals surface area contributed by atoms with Crippen molar-refractivity contribution in [3.05, 3.63) is 64.1 Å². The summed E-state index contributed by atoms with van der Waals surface area (Å²) in [6, 6.07) is 15.1. The predicted molar refractivity (Wildman–Crippen MR) is 86.6 cm³/mol. The molecule has 0 aromatic heterocycles. The summed E-state index contributed by atoms with van der Waals surface area (Å²) in [6.45, 7) is 1.86. The zero-order valence-corrected chi connectivity index (χ0v) is 13.1. The summed E-state index contributed by atoms with van der Waals surface area (Å²) in [4.78, 5) is 11.6. The lowest BCUT2D eigenvalue weighted by Gasteiger charge is -2.07. The van der Waals surface area contributed by atoms with Crippen molar-refractivity contribution in [1.82, 2.24) is 5.43 Å². The molecule has 2 aromatic rings. The van der Waals surface area contributed by atoms with E-state index < -0.39 is 0 Å². The molecule has 0 aliphatic carbocycles. The van der Waals surface area contributed by atoms with Crippen LogP contribution in [0.25, 0.3) is 0 Å². The highest BCUT2D eigenvalue weighted by molar-refractivity contribution is 9.10. The van der Waals surface area contributed by atoms with E-state index in [-0.39, 0.29) is 12.5 Å². The van der Waals surface area contributed by atoms with Crippen LogP contribution in [0.1, 0.15) is 11.1 Å². The van der Waals surface area contributed by atoms with Gasteiger partial charge in [-0.3, -0.25) is 4.79 Å². The quantitative estimate of drug-likeness (QED) is 0.667. The molecule has 0 heterocycles. The molecule has 0 unspecified atom stereocenters. The molecule has 1 N–H and O–H groups in total. The Morgan fingerprint density at radius 2 is 1.95 bits per heavy atom. The summed E-state index contributed by atoms with van der Waals surface area (Å²) in [6.07, 6.45) is 1.58. The van der Waals surface area contributed by atoms with Crippen molar-refractivity contribution in [3.8, 4) is 5.75 Å². The van der Waals surface area contributed by atoms with Gasteiger partial charge < -0.3 is 4.74 Å². The zero-order chi connectivity index (χ0) is 15.1. The Kier molecular flexibility index (Phi) is 5.51. The maximum absolute atomic E-state index is 11.6. The highest BCUT2D eigenvalue weighted by Gasteiger charge is 2.02. The number of hydrogen-bond donors (Lipinski definition) is 1. The second-order valence-corrected chi connectivity index (χ2v) is 5.31. The SMILES string of the molecule is Cc1ccccc1OCC(=O)NN=Cc1ccc(Br)cc1. The second kappa shape index (κ2) is 7.59. The topological polar surface area (TPSA) is 50.7 Å². The van der Waals surface area contributed by atoms with E-state index in [2.05, 4.69) is 26.5 Å². The average molecular weight is 347 g/mol. The molecule has 2 aromatic carbocycles. The molecule has 0 aliphatic rings. The van der Waals surface area contributed by atoms with Crippen LogP contribution in [0.4, 0.5) is 0 Å². The van der Waals surface area contributed by atoms with Gasteiger partial charge in [0, 0.05) is 4.47 Å². The van der Waals surface area contributed by atoms with Gasteiger partial charge in [0.2, 0.25) is 0 Å². The normalized spacial score (nSPS) is 10.6. The zero-order valence-electron chi connectivity index (χ0n) is 11.5. The molecular formula is C16H15BrN2O2. The minimum atomic E-state index is -0.299. The number of hydrogen-bond acceptors (Lipinski definition) is 3. The van der Waals surface area contributed by atoms with Gasteiger partial charge in [-0.25, -0.2) is 5.43 Å². The maximum Gasteiger partial charge on any atom is 0.277 e. The first-order valence-corrected chi connectivity index (χ1v) is 7.20. The lowest BCUT2D eigenvalue weighted by Crippen LogP contribution is -2.24. The Morgan fingerprint density at radius 1 is 1.24 bits per heavy atom. The lowest BCUT2D eigenvalue weighted by molar-refractivity contribution is -0.123. The Labute approximate surface area is 132 Å². The van der Waals surface area contributed by atoms with Crippen molar-refractivity contribution in [3.63, 3.8) is 0 Å². The average Bonchev–Trinajstić information content (AvgIpc) is 2.48. The standard InChI is InChI=1S/C16H15BrN2O2/c1-12-4-2-3-5-15(12)21-11-16(20)19-18-10-13-6-8-14(17)9-7-13/h2-10H,11H2,1H3,(H,19,20). The van der Waals surface area contributed by atoms with E-state index in [1.54, 1.807) is 6.21 Å². The molecule has 4 nitrogen and oxygen atoms in total. The Bertz CT molecular complexity index is 639. The number of carbonyl (C=O) groups is 1. The highest BCUT2D eigenvalue weighted by atomic mass is 79.9. The largest absolute Gasteiger partial charge is 0.483 e. The fraction of sp³-hybridized carbons (Fsp3) is 0.125. The van der Waals surface area contributed by atoms with Gasteiger partial charge in [0.1, 0.15) is 5.75 Å². The van der Waals surface area contributed by atoms with Crippen molar-refractivity contribution in [2.24, 2.45) is 5.10 Å². The number of benzene rings is 2. The number of nitrogens with zero attached hydrogens (tertiary/aromatic N) is 1. The highest BCUT2D eigenvalue weighted by Crippen LogP contribution is 2.15. The summed E-state index contributed by atoms with van der Waals surface area (Å²) in [5.41, 5.74) is 4.32.